The average molecular weight is 304 g/mol. The number of thiophene rings is 1. The molecule has 1 aromatic carbocycles. The molecular formula is C15H16N2O3S. The third-order valence-electron chi connectivity index (χ3n) is 3.02. The Labute approximate surface area is 126 Å². The van der Waals surface area contributed by atoms with Gasteiger partial charge in [-0.3, -0.25) is 4.79 Å². The lowest BCUT2D eigenvalue weighted by Crippen LogP contribution is -2.27. The van der Waals surface area contributed by atoms with E-state index in [0.29, 0.717) is 31.2 Å². The highest BCUT2D eigenvalue weighted by Crippen LogP contribution is 2.32. The van der Waals surface area contributed by atoms with Crippen LogP contribution in [0.5, 0.6) is 11.5 Å². The first-order valence-corrected chi connectivity index (χ1v) is 7.67. The van der Waals surface area contributed by atoms with E-state index in [2.05, 4.69) is 16.0 Å². The molecule has 2 heterocycles. The molecule has 0 bridgehead atoms. The second-order valence-corrected chi connectivity index (χ2v) is 5.42. The maximum atomic E-state index is 11.9. The van der Waals surface area contributed by atoms with Gasteiger partial charge in [-0.15, -0.1) is 0 Å². The minimum absolute atomic E-state index is 0.0816. The molecule has 3 rings (SSSR count). The summed E-state index contributed by atoms with van der Waals surface area (Å²) in [6.45, 7) is 2.06. The van der Waals surface area contributed by atoms with Crippen LogP contribution in [0.4, 0.5) is 5.69 Å². The quantitative estimate of drug-likeness (QED) is 0.889. The lowest BCUT2D eigenvalue weighted by atomic mass is 10.2. The van der Waals surface area contributed by atoms with E-state index in [-0.39, 0.29) is 12.5 Å². The highest BCUT2D eigenvalue weighted by Gasteiger charge is 2.12. The summed E-state index contributed by atoms with van der Waals surface area (Å²) in [4.78, 5) is 11.9. The molecule has 1 amide bonds. The Morgan fingerprint density at radius 1 is 1.19 bits per heavy atom. The van der Waals surface area contributed by atoms with Crippen LogP contribution in [0, 0.1) is 0 Å². The van der Waals surface area contributed by atoms with Crippen LogP contribution in [0.1, 0.15) is 5.56 Å². The fraction of sp³-hybridized carbons (Fsp3) is 0.267. The van der Waals surface area contributed by atoms with Crippen molar-refractivity contribution < 1.29 is 14.3 Å². The lowest BCUT2D eigenvalue weighted by molar-refractivity contribution is -0.115. The Kier molecular flexibility index (Phi) is 4.37. The molecule has 0 spiro atoms. The third-order valence-corrected chi connectivity index (χ3v) is 3.75. The van der Waals surface area contributed by atoms with Crippen LogP contribution in [-0.4, -0.2) is 25.7 Å². The van der Waals surface area contributed by atoms with E-state index in [1.165, 1.54) is 5.56 Å². The molecule has 0 saturated carbocycles. The summed E-state index contributed by atoms with van der Waals surface area (Å²) in [6.07, 6.45) is 0. The lowest BCUT2D eigenvalue weighted by Gasteiger charge is -2.19. The molecule has 6 heteroatoms. The van der Waals surface area contributed by atoms with E-state index in [9.17, 15) is 4.79 Å². The van der Waals surface area contributed by atoms with Crippen molar-refractivity contribution in [3.63, 3.8) is 0 Å². The molecule has 1 aliphatic rings. The number of nitrogens with one attached hydrogen (secondary N) is 2. The zero-order valence-electron chi connectivity index (χ0n) is 11.4. The predicted octanol–water partition coefficient (Wildman–Crippen LogP) is 2.25. The summed E-state index contributed by atoms with van der Waals surface area (Å²) < 4.78 is 10.9. The van der Waals surface area contributed by atoms with E-state index >= 15 is 0 Å². The normalized spacial score (nSPS) is 13.0. The molecule has 5 nitrogen and oxygen atoms in total. The van der Waals surface area contributed by atoms with E-state index in [1.807, 2.05) is 23.6 Å². The second kappa shape index (κ2) is 6.60. The van der Waals surface area contributed by atoms with Crippen molar-refractivity contribution in [1.82, 2.24) is 5.32 Å². The van der Waals surface area contributed by atoms with Gasteiger partial charge < -0.3 is 20.1 Å². The molecular weight excluding hydrogens is 288 g/mol. The van der Waals surface area contributed by atoms with E-state index in [1.54, 1.807) is 17.4 Å². The molecule has 0 atom stereocenters. The fourth-order valence-electron chi connectivity index (χ4n) is 2.04. The number of benzene rings is 1. The van der Waals surface area contributed by atoms with Crippen molar-refractivity contribution in [3.05, 3.63) is 40.6 Å². The third kappa shape index (κ3) is 3.74. The standard InChI is InChI=1S/C15H16N2O3S/c18-15(9-16-8-11-3-6-21-10-11)17-12-1-2-13-14(7-12)20-5-4-19-13/h1-3,6-7,10,16H,4-5,8-9H2,(H,17,18). The molecule has 21 heavy (non-hydrogen) atoms. The van der Waals surface area contributed by atoms with Gasteiger partial charge in [0.25, 0.3) is 0 Å². The van der Waals surface area contributed by atoms with Crippen LogP contribution in [0.2, 0.25) is 0 Å². The van der Waals surface area contributed by atoms with Crippen molar-refractivity contribution >= 4 is 22.9 Å². The van der Waals surface area contributed by atoms with Gasteiger partial charge in [0.1, 0.15) is 13.2 Å². The maximum absolute atomic E-state index is 11.9. The number of carbonyl (C=O) groups excluding carboxylic acids is 1. The Bertz CT molecular complexity index is 613. The largest absolute Gasteiger partial charge is 0.486 e. The molecule has 1 aromatic heterocycles. The zero-order valence-corrected chi connectivity index (χ0v) is 12.2. The number of fused-ring (bicyclic) bond motifs is 1. The maximum Gasteiger partial charge on any atom is 0.238 e. The smallest absolute Gasteiger partial charge is 0.238 e. The summed E-state index contributed by atoms with van der Waals surface area (Å²) in [6, 6.07) is 7.44. The number of hydrogen-bond donors (Lipinski definition) is 2. The second-order valence-electron chi connectivity index (χ2n) is 4.64. The van der Waals surface area contributed by atoms with Gasteiger partial charge in [-0.2, -0.15) is 11.3 Å². The first-order chi connectivity index (χ1) is 10.3. The molecule has 0 fully saturated rings. The van der Waals surface area contributed by atoms with E-state index in [4.69, 9.17) is 9.47 Å². The summed E-state index contributed by atoms with van der Waals surface area (Å²) in [5.41, 5.74) is 1.90. The number of amides is 1. The van der Waals surface area contributed by atoms with Crippen molar-refractivity contribution in [1.29, 1.82) is 0 Å². The minimum Gasteiger partial charge on any atom is -0.486 e. The molecule has 0 unspecified atom stereocenters. The Morgan fingerprint density at radius 3 is 2.86 bits per heavy atom. The molecule has 2 aromatic rings. The predicted molar refractivity (Wildman–Crippen MR) is 82.1 cm³/mol. The van der Waals surface area contributed by atoms with Crippen molar-refractivity contribution in [3.8, 4) is 11.5 Å². The number of hydrogen-bond acceptors (Lipinski definition) is 5. The van der Waals surface area contributed by atoms with Crippen LogP contribution in [0.25, 0.3) is 0 Å². The highest BCUT2D eigenvalue weighted by atomic mass is 32.1. The topological polar surface area (TPSA) is 59.6 Å². The van der Waals surface area contributed by atoms with Gasteiger partial charge in [0.15, 0.2) is 11.5 Å². The number of ether oxygens (including phenoxy) is 2. The van der Waals surface area contributed by atoms with Crippen molar-refractivity contribution in [2.75, 3.05) is 25.1 Å². The minimum atomic E-state index is -0.0816. The molecule has 110 valence electrons. The Balaban J connectivity index is 1.50. The highest BCUT2D eigenvalue weighted by molar-refractivity contribution is 7.07. The number of carbonyl (C=O) groups is 1. The van der Waals surface area contributed by atoms with Gasteiger partial charge in [-0.05, 0) is 34.5 Å². The van der Waals surface area contributed by atoms with E-state index < -0.39 is 0 Å². The summed E-state index contributed by atoms with van der Waals surface area (Å²) in [5, 5.41) is 10.0. The first-order valence-electron chi connectivity index (χ1n) is 6.72. The van der Waals surface area contributed by atoms with Gasteiger partial charge in [0.05, 0.1) is 6.54 Å². The molecule has 1 aliphatic heterocycles. The van der Waals surface area contributed by atoms with Crippen LogP contribution in [0.3, 0.4) is 0 Å². The summed E-state index contributed by atoms with van der Waals surface area (Å²) in [7, 11) is 0. The van der Waals surface area contributed by atoms with Crippen LogP contribution >= 0.6 is 11.3 Å². The Hall–Kier alpha value is -2.05. The molecule has 0 radical (unpaired) electrons. The number of anilines is 1. The van der Waals surface area contributed by atoms with Gasteiger partial charge in [-0.25, -0.2) is 0 Å². The SMILES string of the molecule is O=C(CNCc1ccsc1)Nc1ccc2c(c1)OCCO2. The first kappa shape index (κ1) is 13.9. The zero-order chi connectivity index (χ0) is 14.5. The monoisotopic (exact) mass is 304 g/mol. The molecule has 0 aliphatic carbocycles. The van der Waals surface area contributed by atoms with Crippen LogP contribution in [-0.2, 0) is 11.3 Å². The average Bonchev–Trinajstić information content (AvgIpc) is 3.00. The Morgan fingerprint density at radius 2 is 2.05 bits per heavy atom. The number of rotatable bonds is 5. The van der Waals surface area contributed by atoms with Gasteiger partial charge in [0.2, 0.25) is 5.91 Å². The van der Waals surface area contributed by atoms with Crippen LogP contribution in [0.15, 0.2) is 35.0 Å². The molecule has 0 saturated heterocycles. The summed E-state index contributed by atoms with van der Waals surface area (Å²) >= 11 is 1.65. The molecule has 2 N–H and O–H groups in total. The van der Waals surface area contributed by atoms with Gasteiger partial charge >= 0.3 is 0 Å². The van der Waals surface area contributed by atoms with Gasteiger partial charge in [-0.1, -0.05) is 0 Å². The summed E-state index contributed by atoms with van der Waals surface area (Å²) in [5.74, 6) is 1.31. The van der Waals surface area contributed by atoms with E-state index in [0.717, 1.165) is 5.75 Å². The van der Waals surface area contributed by atoms with Crippen LogP contribution < -0.4 is 20.1 Å². The van der Waals surface area contributed by atoms with Crippen molar-refractivity contribution in [2.24, 2.45) is 0 Å². The fourth-order valence-corrected chi connectivity index (χ4v) is 2.71. The van der Waals surface area contributed by atoms with Gasteiger partial charge in [0, 0.05) is 18.3 Å². The van der Waals surface area contributed by atoms with Crippen molar-refractivity contribution in [2.45, 2.75) is 6.54 Å².